The largest absolute Gasteiger partial charge is 0.283 e. The Morgan fingerprint density at radius 1 is 1.00 bits per heavy atom. The fourth-order valence-corrected chi connectivity index (χ4v) is 3.35. The Kier molecular flexibility index (Phi) is 5.02. The minimum atomic E-state index is -3.32. The number of anilines is 1. The molecule has 0 aliphatic heterocycles. The molecule has 0 amide bonds. The second kappa shape index (κ2) is 6.76. The number of nitrogens with one attached hydrogen (secondary N) is 1. The number of sulfonamides is 1. The molecule has 0 bridgehead atoms. The van der Waals surface area contributed by atoms with E-state index in [0.717, 1.165) is 17.5 Å². The molecule has 0 heterocycles. The van der Waals surface area contributed by atoms with Crippen LogP contribution in [-0.2, 0) is 22.9 Å². The monoisotopic (exact) mass is 303 g/mol. The fraction of sp³-hybridized carbons (Fsp3) is 0.294. The molecule has 0 aliphatic carbocycles. The lowest BCUT2D eigenvalue weighted by Gasteiger charge is -2.11. The van der Waals surface area contributed by atoms with Crippen LogP contribution < -0.4 is 4.72 Å². The molecule has 21 heavy (non-hydrogen) atoms. The summed E-state index contributed by atoms with van der Waals surface area (Å²) in [7, 11) is -3.32. The summed E-state index contributed by atoms with van der Waals surface area (Å²) >= 11 is 0. The molecule has 0 fully saturated rings. The normalized spacial score (nSPS) is 11.3. The first kappa shape index (κ1) is 15.6. The molecule has 2 aromatic rings. The molecular formula is C17H21NO2S. The Morgan fingerprint density at radius 2 is 1.71 bits per heavy atom. The lowest BCUT2D eigenvalue weighted by Crippen LogP contribution is -2.18. The van der Waals surface area contributed by atoms with Crippen molar-refractivity contribution in [3.05, 3.63) is 65.2 Å². The van der Waals surface area contributed by atoms with Crippen molar-refractivity contribution in [3.8, 4) is 0 Å². The van der Waals surface area contributed by atoms with Crippen LogP contribution in [0.2, 0.25) is 0 Å². The maximum atomic E-state index is 12.2. The molecule has 0 atom stereocenters. The molecule has 112 valence electrons. The van der Waals surface area contributed by atoms with E-state index in [9.17, 15) is 8.42 Å². The SMILES string of the molecule is CCc1ccc(NS(=O)(=O)CCc2ccccc2)c(C)c1. The highest BCUT2D eigenvalue weighted by Gasteiger charge is 2.12. The summed E-state index contributed by atoms with van der Waals surface area (Å²) in [5, 5.41) is 0. The van der Waals surface area contributed by atoms with Crippen LogP contribution in [0.5, 0.6) is 0 Å². The summed E-state index contributed by atoms with van der Waals surface area (Å²) in [6.45, 7) is 4.01. The van der Waals surface area contributed by atoms with Crippen molar-refractivity contribution in [2.75, 3.05) is 10.5 Å². The Labute approximate surface area is 127 Å². The maximum Gasteiger partial charge on any atom is 0.233 e. The zero-order valence-electron chi connectivity index (χ0n) is 12.5. The lowest BCUT2D eigenvalue weighted by molar-refractivity contribution is 0.600. The number of aryl methyl sites for hydroxylation is 3. The van der Waals surface area contributed by atoms with Gasteiger partial charge in [0.15, 0.2) is 0 Å². The molecule has 2 rings (SSSR count). The summed E-state index contributed by atoms with van der Waals surface area (Å²) in [6, 6.07) is 15.5. The molecule has 3 nitrogen and oxygen atoms in total. The van der Waals surface area contributed by atoms with Crippen LogP contribution in [0.4, 0.5) is 5.69 Å². The van der Waals surface area contributed by atoms with Gasteiger partial charge in [0.2, 0.25) is 10.0 Å². The Bertz CT molecular complexity index is 694. The van der Waals surface area contributed by atoms with Gasteiger partial charge in [-0.25, -0.2) is 8.42 Å². The van der Waals surface area contributed by atoms with Gasteiger partial charge in [-0.3, -0.25) is 4.72 Å². The summed E-state index contributed by atoms with van der Waals surface area (Å²) in [6.07, 6.45) is 1.46. The highest BCUT2D eigenvalue weighted by atomic mass is 32.2. The van der Waals surface area contributed by atoms with Gasteiger partial charge in [-0.15, -0.1) is 0 Å². The third-order valence-electron chi connectivity index (χ3n) is 3.47. The van der Waals surface area contributed by atoms with Gasteiger partial charge in [-0.1, -0.05) is 49.4 Å². The number of benzene rings is 2. The summed E-state index contributed by atoms with van der Waals surface area (Å²) in [5.41, 5.74) is 3.86. The van der Waals surface area contributed by atoms with Crippen molar-refractivity contribution in [2.24, 2.45) is 0 Å². The van der Waals surface area contributed by atoms with Crippen LogP contribution in [0.1, 0.15) is 23.6 Å². The van der Waals surface area contributed by atoms with E-state index < -0.39 is 10.0 Å². The van der Waals surface area contributed by atoms with Crippen molar-refractivity contribution >= 4 is 15.7 Å². The summed E-state index contributed by atoms with van der Waals surface area (Å²) in [5.74, 6) is 0.0893. The van der Waals surface area contributed by atoms with Gasteiger partial charge in [-0.05, 0) is 42.5 Å². The van der Waals surface area contributed by atoms with E-state index >= 15 is 0 Å². The average Bonchev–Trinajstić information content (AvgIpc) is 2.48. The van der Waals surface area contributed by atoms with E-state index in [0.29, 0.717) is 12.1 Å². The number of hydrogen-bond donors (Lipinski definition) is 1. The second-order valence-electron chi connectivity index (χ2n) is 5.16. The molecular weight excluding hydrogens is 282 g/mol. The minimum Gasteiger partial charge on any atom is -0.283 e. The van der Waals surface area contributed by atoms with Crippen LogP contribution in [0.3, 0.4) is 0 Å². The molecule has 2 aromatic carbocycles. The fourth-order valence-electron chi connectivity index (χ4n) is 2.18. The lowest BCUT2D eigenvalue weighted by atomic mass is 10.1. The quantitative estimate of drug-likeness (QED) is 0.887. The standard InChI is InChI=1S/C17H21NO2S/c1-3-15-9-10-17(14(2)13-15)18-21(19,20)12-11-16-7-5-4-6-8-16/h4-10,13,18H,3,11-12H2,1-2H3. The summed E-state index contributed by atoms with van der Waals surface area (Å²) < 4.78 is 27.0. The highest BCUT2D eigenvalue weighted by molar-refractivity contribution is 7.92. The van der Waals surface area contributed by atoms with Gasteiger partial charge in [-0.2, -0.15) is 0 Å². The van der Waals surface area contributed by atoms with E-state index in [-0.39, 0.29) is 5.75 Å². The zero-order valence-corrected chi connectivity index (χ0v) is 13.3. The molecule has 0 aromatic heterocycles. The topological polar surface area (TPSA) is 46.2 Å². The number of hydrogen-bond acceptors (Lipinski definition) is 2. The van der Waals surface area contributed by atoms with Gasteiger partial charge in [0.1, 0.15) is 0 Å². The molecule has 0 radical (unpaired) electrons. The van der Waals surface area contributed by atoms with Crippen molar-refractivity contribution in [1.82, 2.24) is 0 Å². The van der Waals surface area contributed by atoms with Gasteiger partial charge >= 0.3 is 0 Å². The third-order valence-corrected chi connectivity index (χ3v) is 4.74. The van der Waals surface area contributed by atoms with Crippen LogP contribution in [-0.4, -0.2) is 14.2 Å². The number of rotatable bonds is 6. The highest BCUT2D eigenvalue weighted by Crippen LogP contribution is 2.18. The average molecular weight is 303 g/mol. The van der Waals surface area contributed by atoms with Crippen LogP contribution in [0, 0.1) is 6.92 Å². The molecule has 0 spiro atoms. The minimum absolute atomic E-state index is 0.0893. The Balaban J connectivity index is 2.04. The third kappa shape index (κ3) is 4.60. The summed E-state index contributed by atoms with van der Waals surface area (Å²) in [4.78, 5) is 0. The molecule has 1 N–H and O–H groups in total. The van der Waals surface area contributed by atoms with Crippen molar-refractivity contribution < 1.29 is 8.42 Å². The molecule has 0 saturated heterocycles. The van der Waals surface area contributed by atoms with Crippen LogP contribution in [0.15, 0.2) is 48.5 Å². The molecule has 0 aliphatic rings. The first-order valence-corrected chi connectivity index (χ1v) is 8.79. The van der Waals surface area contributed by atoms with Crippen molar-refractivity contribution in [2.45, 2.75) is 26.7 Å². The predicted octanol–water partition coefficient (Wildman–Crippen LogP) is 3.54. The Hall–Kier alpha value is -1.81. The van der Waals surface area contributed by atoms with E-state index in [2.05, 4.69) is 11.6 Å². The molecule has 0 saturated carbocycles. The smallest absolute Gasteiger partial charge is 0.233 e. The van der Waals surface area contributed by atoms with Crippen LogP contribution in [0.25, 0.3) is 0 Å². The maximum absolute atomic E-state index is 12.2. The Morgan fingerprint density at radius 3 is 2.33 bits per heavy atom. The first-order valence-electron chi connectivity index (χ1n) is 7.14. The van der Waals surface area contributed by atoms with Crippen molar-refractivity contribution in [3.63, 3.8) is 0 Å². The van der Waals surface area contributed by atoms with E-state index in [1.807, 2.05) is 55.5 Å². The first-order chi connectivity index (χ1) is 10.00. The van der Waals surface area contributed by atoms with Gasteiger partial charge in [0.25, 0.3) is 0 Å². The van der Waals surface area contributed by atoms with E-state index in [4.69, 9.17) is 0 Å². The van der Waals surface area contributed by atoms with Gasteiger partial charge in [0, 0.05) is 0 Å². The molecule has 0 unspecified atom stereocenters. The van der Waals surface area contributed by atoms with Crippen molar-refractivity contribution in [1.29, 1.82) is 0 Å². The van der Waals surface area contributed by atoms with Gasteiger partial charge in [0.05, 0.1) is 11.4 Å². The van der Waals surface area contributed by atoms with E-state index in [1.54, 1.807) is 0 Å². The second-order valence-corrected chi connectivity index (χ2v) is 7.00. The predicted molar refractivity (Wildman–Crippen MR) is 88.1 cm³/mol. The zero-order chi connectivity index (χ0) is 15.3. The van der Waals surface area contributed by atoms with Crippen LogP contribution >= 0.6 is 0 Å². The van der Waals surface area contributed by atoms with E-state index in [1.165, 1.54) is 5.56 Å². The van der Waals surface area contributed by atoms with Gasteiger partial charge < -0.3 is 0 Å². The molecule has 4 heteroatoms.